The molecule has 0 bridgehead atoms. The molecule has 27 heavy (non-hydrogen) atoms. The lowest BCUT2D eigenvalue weighted by Crippen LogP contribution is -2.31. The molecule has 0 saturated heterocycles. The van der Waals surface area contributed by atoms with Crippen LogP contribution in [0, 0.1) is 0 Å². The van der Waals surface area contributed by atoms with Gasteiger partial charge in [-0.25, -0.2) is 0 Å². The molecule has 0 radical (unpaired) electrons. The Morgan fingerprint density at radius 2 is 1.74 bits per heavy atom. The smallest absolute Gasteiger partial charge is 0.248 e. The molecule has 1 aliphatic rings. The minimum absolute atomic E-state index is 0.0320. The van der Waals surface area contributed by atoms with Crippen molar-refractivity contribution in [1.29, 1.82) is 0 Å². The maximum absolute atomic E-state index is 12.4. The molecule has 0 saturated carbocycles. The van der Waals surface area contributed by atoms with E-state index in [4.69, 9.17) is 5.73 Å². The third kappa shape index (κ3) is 4.08. The zero-order valence-electron chi connectivity index (χ0n) is 15.3. The van der Waals surface area contributed by atoms with Gasteiger partial charge in [0, 0.05) is 36.1 Å². The quantitative estimate of drug-likeness (QED) is 0.754. The Bertz CT molecular complexity index is 893. The molecule has 7 heteroatoms. The van der Waals surface area contributed by atoms with Crippen LogP contribution in [0.25, 0.3) is 0 Å². The SMILES string of the molecule is CC(=O)N1CCc2cc(NC(C)C(=O)Nc3ccc(C(N)=O)cc3)ccc21. The van der Waals surface area contributed by atoms with Gasteiger partial charge in [-0.3, -0.25) is 14.4 Å². The first-order chi connectivity index (χ1) is 12.8. The van der Waals surface area contributed by atoms with Crippen molar-refractivity contribution in [1.82, 2.24) is 0 Å². The summed E-state index contributed by atoms with van der Waals surface area (Å²) in [5.74, 6) is -0.680. The summed E-state index contributed by atoms with van der Waals surface area (Å²) >= 11 is 0. The monoisotopic (exact) mass is 366 g/mol. The fourth-order valence-corrected chi connectivity index (χ4v) is 3.10. The summed E-state index contributed by atoms with van der Waals surface area (Å²) in [7, 11) is 0. The van der Waals surface area contributed by atoms with E-state index < -0.39 is 11.9 Å². The van der Waals surface area contributed by atoms with Crippen molar-refractivity contribution in [3.05, 3.63) is 53.6 Å². The Kier molecular flexibility index (Phi) is 5.12. The molecule has 1 heterocycles. The highest BCUT2D eigenvalue weighted by Gasteiger charge is 2.22. The van der Waals surface area contributed by atoms with Gasteiger partial charge in [-0.2, -0.15) is 0 Å². The molecular weight excluding hydrogens is 344 g/mol. The minimum Gasteiger partial charge on any atom is -0.374 e. The molecule has 1 aliphatic heterocycles. The lowest BCUT2D eigenvalue weighted by atomic mass is 10.1. The van der Waals surface area contributed by atoms with Crippen LogP contribution in [-0.4, -0.2) is 30.3 Å². The maximum atomic E-state index is 12.4. The van der Waals surface area contributed by atoms with E-state index in [1.165, 1.54) is 0 Å². The summed E-state index contributed by atoms with van der Waals surface area (Å²) in [6.07, 6.45) is 0.803. The molecule has 2 aromatic carbocycles. The number of hydrogen-bond acceptors (Lipinski definition) is 4. The number of fused-ring (bicyclic) bond motifs is 1. The number of benzene rings is 2. The van der Waals surface area contributed by atoms with Crippen molar-refractivity contribution in [3.8, 4) is 0 Å². The van der Waals surface area contributed by atoms with Gasteiger partial charge < -0.3 is 21.3 Å². The minimum atomic E-state index is -0.511. The summed E-state index contributed by atoms with van der Waals surface area (Å²) in [6, 6.07) is 11.7. The molecule has 2 aromatic rings. The van der Waals surface area contributed by atoms with Gasteiger partial charge >= 0.3 is 0 Å². The van der Waals surface area contributed by atoms with Crippen molar-refractivity contribution in [3.63, 3.8) is 0 Å². The molecule has 3 rings (SSSR count). The average molecular weight is 366 g/mol. The number of primary amides is 1. The van der Waals surface area contributed by atoms with Gasteiger partial charge in [0.05, 0.1) is 0 Å². The van der Waals surface area contributed by atoms with Gasteiger partial charge in [0.2, 0.25) is 17.7 Å². The third-order valence-corrected chi connectivity index (χ3v) is 4.57. The van der Waals surface area contributed by atoms with E-state index in [2.05, 4.69) is 10.6 Å². The van der Waals surface area contributed by atoms with Gasteiger partial charge in [-0.05, 0) is 61.4 Å². The molecule has 4 N–H and O–H groups in total. The van der Waals surface area contributed by atoms with Crippen LogP contribution in [0.5, 0.6) is 0 Å². The summed E-state index contributed by atoms with van der Waals surface area (Å²) in [6.45, 7) is 4.01. The lowest BCUT2D eigenvalue weighted by molar-refractivity contribution is -0.117. The fourth-order valence-electron chi connectivity index (χ4n) is 3.10. The van der Waals surface area contributed by atoms with Crippen molar-refractivity contribution in [2.45, 2.75) is 26.3 Å². The van der Waals surface area contributed by atoms with Gasteiger partial charge in [-0.15, -0.1) is 0 Å². The van der Waals surface area contributed by atoms with Gasteiger partial charge in [0.15, 0.2) is 0 Å². The molecule has 7 nitrogen and oxygen atoms in total. The zero-order valence-corrected chi connectivity index (χ0v) is 15.3. The predicted octanol–water partition coefficient (Wildman–Crippen LogP) is 2.13. The Morgan fingerprint density at radius 1 is 1.07 bits per heavy atom. The van der Waals surface area contributed by atoms with Gasteiger partial charge in [0.25, 0.3) is 0 Å². The molecule has 140 valence electrons. The Morgan fingerprint density at radius 3 is 2.37 bits per heavy atom. The van der Waals surface area contributed by atoms with Crippen LogP contribution >= 0.6 is 0 Å². The Balaban J connectivity index is 1.63. The van der Waals surface area contributed by atoms with Crippen molar-refractivity contribution >= 4 is 34.8 Å². The largest absolute Gasteiger partial charge is 0.374 e. The van der Waals surface area contributed by atoms with Gasteiger partial charge in [-0.1, -0.05) is 0 Å². The van der Waals surface area contributed by atoms with Crippen molar-refractivity contribution < 1.29 is 14.4 Å². The van der Waals surface area contributed by atoms with Crippen LogP contribution in [0.4, 0.5) is 17.1 Å². The number of carbonyl (C=O) groups excluding carboxylic acids is 3. The number of nitrogens with one attached hydrogen (secondary N) is 2. The number of hydrogen-bond donors (Lipinski definition) is 3. The van der Waals surface area contributed by atoms with Gasteiger partial charge in [0.1, 0.15) is 6.04 Å². The van der Waals surface area contributed by atoms with Crippen LogP contribution in [0.2, 0.25) is 0 Å². The summed E-state index contributed by atoms with van der Waals surface area (Å²) < 4.78 is 0. The lowest BCUT2D eigenvalue weighted by Gasteiger charge is -2.18. The second-order valence-electron chi connectivity index (χ2n) is 6.56. The number of rotatable bonds is 5. The second-order valence-corrected chi connectivity index (χ2v) is 6.56. The predicted molar refractivity (Wildman–Crippen MR) is 105 cm³/mol. The van der Waals surface area contributed by atoms with Crippen molar-refractivity contribution in [2.24, 2.45) is 5.73 Å². The fraction of sp³-hybridized carbons (Fsp3) is 0.250. The molecule has 0 aliphatic carbocycles. The summed E-state index contributed by atoms with van der Waals surface area (Å²) in [4.78, 5) is 36.9. The Labute approximate surface area is 157 Å². The average Bonchev–Trinajstić information content (AvgIpc) is 3.05. The highest BCUT2D eigenvalue weighted by molar-refractivity contribution is 5.98. The standard InChI is InChI=1S/C20H22N4O3/c1-12(20(27)23-16-5-3-14(4-6-16)19(21)26)22-17-7-8-18-15(11-17)9-10-24(18)13(2)25/h3-8,11-12,22H,9-10H2,1-2H3,(H2,21,26)(H,23,27). The highest BCUT2D eigenvalue weighted by Crippen LogP contribution is 2.30. The first kappa shape index (κ1) is 18.4. The van der Waals surface area contributed by atoms with E-state index in [0.29, 0.717) is 17.8 Å². The number of anilines is 3. The summed E-state index contributed by atoms with van der Waals surface area (Å²) in [5.41, 5.74) is 9.02. The molecular formula is C20H22N4O3. The maximum Gasteiger partial charge on any atom is 0.248 e. The zero-order chi connectivity index (χ0) is 19.6. The first-order valence-corrected chi connectivity index (χ1v) is 8.73. The Hall–Kier alpha value is -3.35. The third-order valence-electron chi connectivity index (χ3n) is 4.57. The van der Waals surface area contributed by atoms with Crippen LogP contribution < -0.4 is 21.3 Å². The number of carbonyl (C=O) groups is 3. The topological polar surface area (TPSA) is 105 Å². The number of nitrogens with two attached hydrogens (primary N) is 1. The van der Waals surface area contributed by atoms with E-state index >= 15 is 0 Å². The molecule has 1 atom stereocenters. The van der Waals surface area contributed by atoms with E-state index in [1.54, 1.807) is 43.0 Å². The molecule has 0 spiro atoms. The summed E-state index contributed by atoms with van der Waals surface area (Å²) in [5, 5.41) is 5.97. The van der Waals surface area contributed by atoms with E-state index in [1.807, 2.05) is 18.2 Å². The molecule has 0 fully saturated rings. The van der Waals surface area contributed by atoms with Crippen LogP contribution in [0.3, 0.4) is 0 Å². The number of nitrogens with zero attached hydrogens (tertiary/aromatic N) is 1. The van der Waals surface area contributed by atoms with Crippen LogP contribution in [0.1, 0.15) is 29.8 Å². The molecule has 3 amide bonds. The second kappa shape index (κ2) is 7.49. The van der Waals surface area contributed by atoms with E-state index in [9.17, 15) is 14.4 Å². The van der Waals surface area contributed by atoms with Crippen LogP contribution in [-0.2, 0) is 16.0 Å². The highest BCUT2D eigenvalue weighted by atomic mass is 16.2. The van der Waals surface area contributed by atoms with E-state index in [-0.39, 0.29) is 11.8 Å². The number of amides is 3. The molecule has 0 aromatic heterocycles. The van der Waals surface area contributed by atoms with Crippen LogP contribution in [0.15, 0.2) is 42.5 Å². The first-order valence-electron chi connectivity index (χ1n) is 8.73. The normalized spacial score (nSPS) is 13.6. The van der Waals surface area contributed by atoms with Crippen molar-refractivity contribution in [2.75, 3.05) is 22.1 Å². The van der Waals surface area contributed by atoms with E-state index in [0.717, 1.165) is 23.4 Å². The molecule has 1 unspecified atom stereocenters.